The smallest absolute Gasteiger partial charge is 0.254 e. The van der Waals surface area contributed by atoms with Crippen LogP contribution in [0.15, 0.2) is 90.7 Å². The number of aromatic nitrogens is 2. The van der Waals surface area contributed by atoms with E-state index in [-0.39, 0.29) is 5.91 Å². The summed E-state index contributed by atoms with van der Waals surface area (Å²) in [5.41, 5.74) is 5.26. The van der Waals surface area contributed by atoms with Crippen LogP contribution in [-0.2, 0) is 13.1 Å². The highest BCUT2D eigenvalue weighted by Crippen LogP contribution is 2.33. The molecule has 0 bridgehead atoms. The topological polar surface area (TPSA) is 52.2 Å². The number of aromatic amines is 1. The molecule has 0 radical (unpaired) electrons. The average Bonchev–Trinajstić information content (AvgIpc) is 3.57. The van der Waals surface area contributed by atoms with E-state index in [4.69, 9.17) is 0 Å². The number of H-pyrrole nitrogens is 1. The number of carbonyl (C=O) groups excluding carboxylic acids is 1. The van der Waals surface area contributed by atoms with Crippen LogP contribution in [0.3, 0.4) is 0 Å². The van der Waals surface area contributed by atoms with Crippen molar-refractivity contribution < 1.29 is 4.79 Å². The third kappa shape index (κ3) is 3.86. The molecule has 5 nitrogen and oxygen atoms in total. The molecule has 6 rings (SSSR count). The Morgan fingerprint density at radius 1 is 1.00 bits per heavy atom. The number of nitrogens with one attached hydrogen (secondary N) is 1. The summed E-state index contributed by atoms with van der Waals surface area (Å²) in [4.78, 5) is 26.8. The van der Waals surface area contributed by atoms with Crippen molar-refractivity contribution >= 4 is 33.7 Å². The number of amides is 1. The van der Waals surface area contributed by atoms with Gasteiger partial charge < -0.3 is 14.8 Å². The second-order valence-electron chi connectivity index (χ2n) is 8.56. The predicted molar refractivity (Wildman–Crippen MR) is 138 cm³/mol. The highest BCUT2D eigenvalue weighted by atomic mass is 32.1. The number of nitrogens with zero attached hydrogens (tertiary/aromatic N) is 3. The Labute approximate surface area is 202 Å². The van der Waals surface area contributed by atoms with E-state index < -0.39 is 0 Å². The van der Waals surface area contributed by atoms with Crippen molar-refractivity contribution in [2.45, 2.75) is 13.1 Å². The molecule has 3 aromatic carbocycles. The van der Waals surface area contributed by atoms with Gasteiger partial charge in [0.15, 0.2) is 0 Å². The van der Waals surface area contributed by atoms with E-state index in [1.165, 1.54) is 10.4 Å². The van der Waals surface area contributed by atoms with Crippen LogP contribution in [0.2, 0.25) is 0 Å². The van der Waals surface area contributed by atoms with Crippen molar-refractivity contribution in [3.05, 3.63) is 108 Å². The van der Waals surface area contributed by atoms with Crippen molar-refractivity contribution in [3.63, 3.8) is 0 Å². The van der Waals surface area contributed by atoms with Gasteiger partial charge in [-0.25, -0.2) is 4.98 Å². The molecule has 0 spiro atoms. The molecule has 34 heavy (non-hydrogen) atoms. The van der Waals surface area contributed by atoms with E-state index in [2.05, 4.69) is 62.7 Å². The number of imidazole rings is 1. The molecule has 1 amide bonds. The Balaban J connectivity index is 1.39. The number of thiophene rings is 1. The molecule has 1 aliphatic rings. The molecule has 0 unspecified atom stereocenters. The summed E-state index contributed by atoms with van der Waals surface area (Å²) in [6, 6.07) is 24.9. The van der Waals surface area contributed by atoms with Crippen molar-refractivity contribution in [1.29, 1.82) is 0 Å². The van der Waals surface area contributed by atoms with Crippen LogP contribution >= 0.6 is 11.3 Å². The van der Waals surface area contributed by atoms with Crippen molar-refractivity contribution in [1.82, 2.24) is 14.9 Å². The molecule has 0 saturated carbocycles. The number of hydrogen-bond donors (Lipinski definition) is 1. The van der Waals surface area contributed by atoms with Gasteiger partial charge in [-0.2, -0.15) is 0 Å². The van der Waals surface area contributed by atoms with Gasteiger partial charge in [0.1, 0.15) is 0 Å². The molecular formula is C28H24N4OS. The quantitative estimate of drug-likeness (QED) is 0.357. The number of anilines is 1. The standard InChI is InChI=1S/C28H24N4OS/c33-28(25-8-3-6-20-5-1-2-7-24(20)25)32-13-12-31(18-23-16-29-19-30-23)26-11-10-21(15-22(26)17-32)27-9-4-14-34-27/h1-11,14-16,19H,12-13,17-18H2,(H,29,30). The van der Waals surface area contributed by atoms with Crippen LogP contribution in [-0.4, -0.2) is 33.9 Å². The van der Waals surface area contributed by atoms with E-state index in [0.717, 1.165) is 39.8 Å². The molecule has 0 saturated heterocycles. The van der Waals surface area contributed by atoms with Crippen LogP contribution < -0.4 is 4.90 Å². The maximum atomic E-state index is 13.8. The Morgan fingerprint density at radius 2 is 1.91 bits per heavy atom. The maximum Gasteiger partial charge on any atom is 0.254 e. The lowest BCUT2D eigenvalue weighted by molar-refractivity contribution is 0.0753. The summed E-state index contributed by atoms with van der Waals surface area (Å²) < 4.78 is 0. The first-order chi connectivity index (χ1) is 16.8. The minimum Gasteiger partial charge on any atom is -0.364 e. The Kier molecular flexibility index (Phi) is 5.35. The molecule has 0 atom stereocenters. The summed E-state index contributed by atoms with van der Waals surface area (Å²) in [6.45, 7) is 2.67. The van der Waals surface area contributed by atoms with Gasteiger partial charge in [-0.1, -0.05) is 48.5 Å². The summed E-state index contributed by atoms with van der Waals surface area (Å²) in [5.74, 6) is 0.0749. The summed E-state index contributed by atoms with van der Waals surface area (Å²) in [7, 11) is 0. The zero-order valence-electron chi connectivity index (χ0n) is 18.6. The first-order valence-corrected chi connectivity index (χ1v) is 12.3. The van der Waals surface area contributed by atoms with E-state index in [1.807, 2.05) is 41.4 Å². The lowest BCUT2D eigenvalue weighted by Crippen LogP contribution is -2.35. The number of hydrogen-bond acceptors (Lipinski definition) is 4. The van der Waals surface area contributed by atoms with Crippen molar-refractivity contribution in [2.24, 2.45) is 0 Å². The zero-order chi connectivity index (χ0) is 22.9. The highest BCUT2D eigenvalue weighted by Gasteiger charge is 2.25. The molecule has 0 fully saturated rings. The summed E-state index contributed by atoms with van der Waals surface area (Å²) in [5, 5.41) is 4.19. The van der Waals surface area contributed by atoms with Crippen LogP contribution in [0.4, 0.5) is 5.69 Å². The van der Waals surface area contributed by atoms with Crippen molar-refractivity contribution in [3.8, 4) is 10.4 Å². The third-order valence-corrected chi connectivity index (χ3v) is 7.36. The van der Waals surface area contributed by atoms with E-state index in [9.17, 15) is 4.79 Å². The van der Waals surface area contributed by atoms with E-state index in [1.54, 1.807) is 17.7 Å². The van der Waals surface area contributed by atoms with Gasteiger partial charge in [0, 0.05) is 42.0 Å². The molecule has 6 heteroatoms. The van der Waals surface area contributed by atoms with Gasteiger partial charge in [0.2, 0.25) is 0 Å². The highest BCUT2D eigenvalue weighted by molar-refractivity contribution is 7.13. The molecule has 2 aromatic heterocycles. The molecular weight excluding hydrogens is 440 g/mol. The fourth-order valence-electron chi connectivity index (χ4n) is 4.76. The minimum atomic E-state index is 0.0749. The van der Waals surface area contributed by atoms with Gasteiger partial charge >= 0.3 is 0 Å². The van der Waals surface area contributed by atoms with Crippen LogP contribution in [0.1, 0.15) is 21.6 Å². The number of benzene rings is 3. The van der Waals surface area contributed by atoms with Gasteiger partial charge in [-0.3, -0.25) is 4.79 Å². The lowest BCUT2D eigenvalue weighted by Gasteiger charge is -2.24. The lowest BCUT2D eigenvalue weighted by atomic mass is 10.0. The molecule has 0 aliphatic carbocycles. The monoisotopic (exact) mass is 464 g/mol. The molecule has 168 valence electrons. The van der Waals surface area contributed by atoms with Crippen molar-refractivity contribution in [2.75, 3.05) is 18.0 Å². The van der Waals surface area contributed by atoms with Crippen LogP contribution in [0.5, 0.6) is 0 Å². The number of carbonyl (C=O) groups is 1. The van der Waals surface area contributed by atoms with Gasteiger partial charge in [-0.15, -0.1) is 11.3 Å². The molecule has 5 aromatic rings. The van der Waals surface area contributed by atoms with Gasteiger partial charge in [0.05, 0.1) is 18.6 Å². The Hall–Kier alpha value is -3.90. The fourth-order valence-corrected chi connectivity index (χ4v) is 5.48. The van der Waals surface area contributed by atoms with Crippen LogP contribution in [0, 0.1) is 0 Å². The first-order valence-electron chi connectivity index (χ1n) is 11.4. The maximum absolute atomic E-state index is 13.8. The predicted octanol–water partition coefficient (Wildman–Crippen LogP) is 5.95. The normalized spacial score (nSPS) is 13.6. The second-order valence-corrected chi connectivity index (χ2v) is 9.50. The minimum absolute atomic E-state index is 0.0749. The zero-order valence-corrected chi connectivity index (χ0v) is 19.5. The third-order valence-electron chi connectivity index (χ3n) is 6.44. The molecule has 1 aliphatic heterocycles. The Bertz CT molecular complexity index is 1440. The fraction of sp³-hybridized carbons (Fsp3) is 0.143. The number of fused-ring (bicyclic) bond motifs is 2. The first kappa shape index (κ1) is 20.7. The van der Waals surface area contributed by atoms with Crippen LogP contribution in [0.25, 0.3) is 21.2 Å². The molecule has 1 N–H and O–H groups in total. The van der Waals surface area contributed by atoms with E-state index in [0.29, 0.717) is 19.6 Å². The molecule has 3 heterocycles. The number of rotatable bonds is 4. The van der Waals surface area contributed by atoms with Gasteiger partial charge in [-0.05, 0) is 51.5 Å². The summed E-state index contributed by atoms with van der Waals surface area (Å²) >= 11 is 1.73. The average molecular weight is 465 g/mol. The Morgan fingerprint density at radius 3 is 2.76 bits per heavy atom. The second kappa shape index (κ2) is 8.80. The van der Waals surface area contributed by atoms with Gasteiger partial charge in [0.25, 0.3) is 5.91 Å². The largest absolute Gasteiger partial charge is 0.364 e. The summed E-state index contributed by atoms with van der Waals surface area (Å²) in [6.07, 6.45) is 3.65. The SMILES string of the molecule is O=C(c1cccc2ccccc12)N1CCN(Cc2c[nH]cn2)c2ccc(-c3cccs3)cc2C1. The van der Waals surface area contributed by atoms with E-state index >= 15 is 0 Å².